The third-order valence-corrected chi connectivity index (χ3v) is 2.81. The molecule has 0 fully saturated rings. The Labute approximate surface area is 126 Å². The summed E-state index contributed by atoms with van der Waals surface area (Å²) in [5.74, 6) is 0. The van der Waals surface area contributed by atoms with Gasteiger partial charge in [-0.1, -0.05) is 11.6 Å². The molecule has 0 saturated carbocycles. The first-order chi connectivity index (χ1) is 9.33. The number of hydrogen-bond acceptors (Lipinski definition) is 3. The van der Waals surface area contributed by atoms with Crippen LogP contribution in [0.25, 0.3) is 0 Å². The van der Waals surface area contributed by atoms with Crippen LogP contribution in [0.2, 0.25) is 5.02 Å². The highest BCUT2D eigenvalue weighted by Crippen LogP contribution is 2.21. The minimum Gasteiger partial charge on any atom is -0.443 e. The summed E-state index contributed by atoms with van der Waals surface area (Å²) in [4.78, 5) is 13.9. The molecule has 1 N–H and O–H groups in total. The standard InChI is InChI=1S/C15H23ClN2O2/c1-15(2,3)20-14(19)18(11-5-10-17-4)13-8-6-12(16)7-9-13/h6-9,17H,5,10-11H2,1-4H3. The topological polar surface area (TPSA) is 41.6 Å². The number of carbonyl (C=O) groups is 1. The van der Waals surface area contributed by atoms with Gasteiger partial charge in [0.2, 0.25) is 0 Å². The van der Waals surface area contributed by atoms with Gasteiger partial charge in [-0.3, -0.25) is 4.90 Å². The van der Waals surface area contributed by atoms with Crippen molar-refractivity contribution >= 4 is 23.4 Å². The van der Waals surface area contributed by atoms with Gasteiger partial charge in [-0.15, -0.1) is 0 Å². The Hall–Kier alpha value is -1.26. The fraction of sp³-hybridized carbons (Fsp3) is 0.533. The van der Waals surface area contributed by atoms with Crippen molar-refractivity contribution in [2.75, 3.05) is 25.0 Å². The van der Waals surface area contributed by atoms with Crippen LogP contribution in [0, 0.1) is 0 Å². The van der Waals surface area contributed by atoms with Crippen LogP contribution in [0.1, 0.15) is 27.2 Å². The lowest BCUT2D eigenvalue weighted by atomic mass is 10.2. The lowest BCUT2D eigenvalue weighted by Crippen LogP contribution is -2.38. The molecule has 0 atom stereocenters. The first-order valence-corrected chi connectivity index (χ1v) is 7.12. The molecule has 0 bridgehead atoms. The second-order valence-electron chi connectivity index (χ2n) is 5.57. The number of hydrogen-bond donors (Lipinski definition) is 1. The molecule has 4 nitrogen and oxygen atoms in total. The third-order valence-electron chi connectivity index (χ3n) is 2.56. The largest absolute Gasteiger partial charge is 0.443 e. The van der Waals surface area contributed by atoms with Gasteiger partial charge in [-0.2, -0.15) is 0 Å². The Kier molecular flexibility index (Phi) is 6.30. The fourth-order valence-electron chi connectivity index (χ4n) is 1.68. The summed E-state index contributed by atoms with van der Waals surface area (Å²) in [5, 5.41) is 3.72. The second kappa shape index (κ2) is 7.50. The first kappa shape index (κ1) is 16.8. The average molecular weight is 299 g/mol. The molecule has 1 rings (SSSR count). The number of amides is 1. The molecule has 20 heavy (non-hydrogen) atoms. The molecule has 112 valence electrons. The molecule has 0 saturated heterocycles. The smallest absolute Gasteiger partial charge is 0.414 e. The predicted octanol–water partition coefficient (Wildman–Crippen LogP) is 3.69. The van der Waals surface area contributed by atoms with E-state index >= 15 is 0 Å². The zero-order chi connectivity index (χ0) is 15.2. The number of benzene rings is 1. The number of halogens is 1. The van der Waals surface area contributed by atoms with E-state index in [1.54, 1.807) is 17.0 Å². The van der Waals surface area contributed by atoms with Crippen molar-refractivity contribution in [3.63, 3.8) is 0 Å². The summed E-state index contributed by atoms with van der Waals surface area (Å²) in [6.07, 6.45) is 0.508. The van der Waals surface area contributed by atoms with Crippen LogP contribution < -0.4 is 10.2 Å². The molecule has 0 aliphatic carbocycles. The highest BCUT2D eigenvalue weighted by Gasteiger charge is 2.23. The van der Waals surface area contributed by atoms with E-state index in [2.05, 4.69) is 5.32 Å². The van der Waals surface area contributed by atoms with Crippen LogP contribution in [-0.2, 0) is 4.74 Å². The molecule has 0 unspecified atom stereocenters. The molecule has 0 spiro atoms. The van der Waals surface area contributed by atoms with E-state index < -0.39 is 5.60 Å². The van der Waals surface area contributed by atoms with E-state index in [1.165, 1.54) is 0 Å². The highest BCUT2D eigenvalue weighted by molar-refractivity contribution is 6.30. The van der Waals surface area contributed by atoms with E-state index in [-0.39, 0.29) is 6.09 Å². The third kappa shape index (κ3) is 5.80. The van der Waals surface area contributed by atoms with Gasteiger partial charge in [0, 0.05) is 17.3 Å². The maximum atomic E-state index is 12.3. The highest BCUT2D eigenvalue weighted by atomic mass is 35.5. The average Bonchev–Trinajstić information content (AvgIpc) is 2.34. The number of anilines is 1. The van der Waals surface area contributed by atoms with E-state index in [4.69, 9.17) is 16.3 Å². The van der Waals surface area contributed by atoms with Crippen LogP contribution in [-0.4, -0.2) is 31.8 Å². The van der Waals surface area contributed by atoms with Crippen LogP contribution in [0.5, 0.6) is 0 Å². The van der Waals surface area contributed by atoms with E-state index in [0.29, 0.717) is 11.6 Å². The number of rotatable bonds is 5. The molecule has 0 aromatic heterocycles. The summed E-state index contributed by atoms with van der Waals surface area (Å²) in [5.41, 5.74) is 0.282. The van der Waals surface area contributed by atoms with Crippen LogP contribution in [0.3, 0.4) is 0 Å². The van der Waals surface area contributed by atoms with Crippen molar-refractivity contribution < 1.29 is 9.53 Å². The molecular weight excluding hydrogens is 276 g/mol. The number of carbonyl (C=O) groups excluding carboxylic acids is 1. The monoisotopic (exact) mass is 298 g/mol. The molecule has 1 aromatic carbocycles. The van der Waals surface area contributed by atoms with Crippen molar-refractivity contribution in [2.45, 2.75) is 32.8 Å². The zero-order valence-corrected chi connectivity index (χ0v) is 13.3. The number of nitrogens with one attached hydrogen (secondary N) is 1. The first-order valence-electron chi connectivity index (χ1n) is 6.74. The molecule has 0 radical (unpaired) electrons. The minimum atomic E-state index is -0.509. The zero-order valence-electron chi connectivity index (χ0n) is 12.6. The Morgan fingerprint density at radius 3 is 2.40 bits per heavy atom. The number of nitrogens with zero attached hydrogens (tertiary/aromatic N) is 1. The lowest BCUT2D eigenvalue weighted by Gasteiger charge is -2.27. The molecule has 0 heterocycles. The maximum Gasteiger partial charge on any atom is 0.414 e. The summed E-state index contributed by atoms with van der Waals surface area (Å²) in [6, 6.07) is 7.19. The maximum absolute atomic E-state index is 12.3. The van der Waals surface area contributed by atoms with Crippen molar-refractivity contribution in [1.82, 2.24) is 5.32 Å². The van der Waals surface area contributed by atoms with Crippen LogP contribution in [0.4, 0.5) is 10.5 Å². The lowest BCUT2D eigenvalue weighted by molar-refractivity contribution is 0.0580. The Balaban J connectivity index is 2.84. The van der Waals surface area contributed by atoms with Crippen molar-refractivity contribution in [2.24, 2.45) is 0 Å². The SMILES string of the molecule is CNCCCN(C(=O)OC(C)(C)C)c1ccc(Cl)cc1. The van der Waals surface area contributed by atoms with Gasteiger partial charge in [0.1, 0.15) is 5.60 Å². The van der Waals surface area contributed by atoms with E-state index in [9.17, 15) is 4.79 Å². The van der Waals surface area contributed by atoms with Gasteiger partial charge in [-0.05, 0) is 65.0 Å². The summed E-state index contributed by atoms with van der Waals surface area (Å²) in [6.45, 7) is 7.01. The van der Waals surface area contributed by atoms with E-state index in [1.807, 2.05) is 40.0 Å². The second-order valence-corrected chi connectivity index (χ2v) is 6.00. The van der Waals surface area contributed by atoms with Gasteiger partial charge in [-0.25, -0.2) is 4.79 Å². The van der Waals surface area contributed by atoms with Crippen LogP contribution >= 0.6 is 11.6 Å². The fourth-order valence-corrected chi connectivity index (χ4v) is 1.80. The Morgan fingerprint density at radius 2 is 1.90 bits per heavy atom. The van der Waals surface area contributed by atoms with Crippen molar-refractivity contribution in [3.05, 3.63) is 29.3 Å². The van der Waals surface area contributed by atoms with Gasteiger partial charge in [0.25, 0.3) is 0 Å². The molecular formula is C15H23ClN2O2. The van der Waals surface area contributed by atoms with E-state index in [0.717, 1.165) is 18.7 Å². The summed E-state index contributed by atoms with van der Waals surface area (Å²) in [7, 11) is 1.89. The Morgan fingerprint density at radius 1 is 1.30 bits per heavy atom. The summed E-state index contributed by atoms with van der Waals surface area (Å²) >= 11 is 5.88. The Bertz CT molecular complexity index is 426. The molecule has 1 amide bonds. The normalized spacial score (nSPS) is 11.2. The van der Waals surface area contributed by atoms with Crippen LogP contribution in [0.15, 0.2) is 24.3 Å². The molecule has 0 aliphatic rings. The molecule has 5 heteroatoms. The van der Waals surface area contributed by atoms with Crippen molar-refractivity contribution in [3.8, 4) is 0 Å². The summed E-state index contributed by atoms with van der Waals surface area (Å²) < 4.78 is 5.45. The minimum absolute atomic E-state index is 0.337. The predicted molar refractivity (Wildman–Crippen MR) is 83.6 cm³/mol. The molecule has 1 aromatic rings. The van der Waals surface area contributed by atoms with Gasteiger partial charge < -0.3 is 10.1 Å². The van der Waals surface area contributed by atoms with Gasteiger partial charge >= 0.3 is 6.09 Å². The molecule has 0 aliphatic heterocycles. The van der Waals surface area contributed by atoms with Gasteiger partial charge in [0.15, 0.2) is 0 Å². The van der Waals surface area contributed by atoms with Gasteiger partial charge in [0.05, 0.1) is 0 Å². The quantitative estimate of drug-likeness (QED) is 0.843. The number of ether oxygens (including phenoxy) is 1. The van der Waals surface area contributed by atoms with Crippen molar-refractivity contribution in [1.29, 1.82) is 0 Å².